The maximum Gasteiger partial charge on any atom is 0.246 e. The van der Waals surface area contributed by atoms with E-state index in [1.165, 1.54) is 9.80 Å². The van der Waals surface area contributed by atoms with Crippen molar-refractivity contribution >= 4 is 40.9 Å². The van der Waals surface area contributed by atoms with Crippen LogP contribution in [0.15, 0.2) is 42.5 Å². The third kappa shape index (κ3) is 7.42. The van der Waals surface area contributed by atoms with Crippen LogP contribution in [-0.4, -0.2) is 71.3 Å². The topological polar surface area (TPSA) is 125 Å². The number of carbonyl (C=O) groups excluding carboxylic acids is 4. The average Bonchev–Trinajstić information content (AvgIpc) is 3.46. The van der Waals surface area contributed by atoms with Crippen molar-refractivity contribution in [2.75, 3.05) is 25.1 Å². The monoisotopic (exact) mass is 585 g/mol. The zero-order valence-corrected chi connectivity index (χ0v) is 24.0. The molecule has 1 saturated heterocycles. The van der Waals surface area contributed by atoms with Gasteiger partial charge in [0.05, 0.1) is 6.04 Å². The highest BCUT2D eigenvalue weighted by Gasteiger charge is 2.37. The number of hydrogen-bond acceptors (Lipinski definition) is 5. The van der Waals surface area contributed by atoms with Crippen molar-refractivity contribution in [2.45, 2.75) is 70.1 Å². The number of alkyl halides is 1. The molecule has 0 radical (unpaired) electrons. The molecule has 1 fully saturated rings. The first-order chi connectivity index (χ1) is 19.7. The normalized spacial score (nSPS) is 18.9. The molecular formula is C30H37ClFN5O4. The predicted molar refractivity (Wildman–Crippen MR) is 155 cm³/mol. The van der Waals surface area contributed by atoms with Crippen molar-refractivity contribution in [3.05, 3.63) is 64.2 Å². The Morgan fingerprint density at radius 1 is 1.07 bits per heavy atom. The quantitative estimate of drug-likeness (QED) is 0.395. The second-order valence-corrected chi connectivity index (χ2v) is 11.0. The Balaban J connectivity index is 1.47. The van der Waals surface area contributed by atoms with E-state index in [4.69, 9.17) is 17.3 Å². The summed E-state index contributed by atoms with van der Waals surface area (Å²) in [7, 11) is 0. The largest absolute Gasteiger partial charge is 0.342 e. The summed E-state index contributed by atoms with van der Waals surface area (Å²) < 4.78 is 13.3. The minimum atomic E-state index is -0.924. The van der Waals surface area contributed by atoms with Crippen molar-refractivity contribution < 1.29 is 23.6 Å². The summed E-state index contributed by atoms with van der Waals surface area (Å²) in [5.41, 5.74) is 8.95. The van der Waals surface area contributed by atoms with E-state index in [9.17, 15) is 23.6 Å². The number of likely N-dealkylation sites (tertiary alicyclic amines) is 1. The Labute approximate surface area is 244 Å². The fourth-order valence-corrected chi connectivity index (χ4v) is 5.62. The molecule has 11 heteroatoms. The van der Waals surface area contributed by atoms with Gasteiger partial charge in [0.25, 0.3) is 0 Å². The first-order valence-electron chi connectivity index (χ1n) is 14.0. The average molecular weight is 586 g/mol. The van der Waals surface area contributed by atoms with E-state index in [2.05, 4.69) is 10.6 Å². The van der Waals surface area contributed by atoms with Gasteiger partial charge in [-0.2, -0.15) is 0 Å². The lowest BCUT2D eigenvalue weighted by molar-refractivity contribution is -0.144. The minimum Gasteiger partial charge on any atom is -0.342 e. The summed E-state index contributed by atoms with van der Waals surface area (Å²) in [5, 5.41) is 6.18. The molecular weight excluding hydrogens is 549 g/mol. The highest BCUT2D eigenvalue weighted by Crippen LogP contribution is 2.26. The van der Waals surface area contributed by atoms with E-state index in [0.717, 1.165) is 23.1 Å². The molecule has 0 spiro atoms. The number of aryl methyl sites for hydroxylation is 1. The van der Waals surface area contributed by atoms with Crippen LogP contribution in [0.3, 0.4) is 0 Å². The molecule has 2 aliphatic rings. The summed E-state index contributed by atoms with van der Waals surface area (Å²) in [6.07, 6.45) is 1.68. The zero-order chi connectivity index (χ0) is 29.5. The molecule has 4 N–H and O–H groups in total. The van der Waals surface area contributed by atoms with Crippen molar-refractivity contribution in [1.29, 1.82) is 0 Å². The number of benzene rings is 2. The highest BCUT2D eigenvalue weighted by molar-refractivity contribution is 6.31. The highest BCUT2D eigenvalue weighted by atomic mass is 35.5. The molecule has 41 heavy (non-hydrogen) atoms. The van der Waals surface area contributed by atoms with Crippen LogP contribution in [0.2, 0.25) is 5.02 Å². The van der Waals surface area contributed by atoms with Crippen LogP contribution in [-0.2, 0) is 32.1 Å². The second kappa shape index (κ2) is 13.9. The fraction of sp³-hybridized carbons (Fsp3) is 0.467. The van der Waals surface area contributed by atoms with Crippen LogP contribution in [0, 0.1) is 6.92 Å². The van der Waals surface area contributed by atoms with E-state index in [1.807, 2.05) is 31.2 Å². The maximum atomic E-state index is 13.6. The van der Waals surface area contributed by atoms with Gasteiger partial charge in [0.1, 0.15) is 18.8 Å². The van der Waals surface area contributed by atoms with Crippen LogP contribution in [0.5, 0.6) is 0 Å². The van der Waals surface area contributed by atoms with E-state index in [0.29, 0.717) is 23.7 Å². The van der Waals surface area contributed by atoms with Gasteiger partial charge < -0.3 is 26.2 Å². The Hall–Kier alpha value is -3.50. The number of hydrogen-bond donors (Lipinski definition) is 3. The van der Waals surface area contributed by atoms with E-state index in [1.54, 1.807) is 18.2 Å². The summed E-state index contributed by atoms with van der Waals surface area (Å²) >= 11 is 6.09. The van der Waals surface area contributed by atoms with E-state index >= 15 is 0 Å². The molecule has 0 saturated carbocycles. The lowest BCUT2D eigenvalue weighted by Gasteiger charge is -2.37. The number of nitrogens with one attached hydrogen (secondary N) is 2. The van der Waals surface area contributed by atoms with Gasteiger partial charge in [-0.15, -0.1) is 0 Å². The van der Waals surface area contributed by atoms with Gasteiger partial charge in [-0.25, -0.2) is 4.39 Å². The van der Waals surface area contributed by atoms with Crippen LogP contribution in [0.1, 0.15) is 48.8 Å². The van der Waals surface area contributed by atoms with Crippen LogP contribution in [0.4, 0.5) is 10.1 Å². The molecule has 0 aromatic heterocycles. The van der Waals surface area contributed by atoms with Crippen molar-refractivity contribution in [2.24, 2.45) is 5.73 Å². The fourth-order valence-electron chi connectivity index (χ4n) is 5.50. The number of fused-ring (bicyclic) bond motifs is 1. The maximum absolute atomic E-state index is 13.6. The van der Waals surface area contributed by atoms with Gasteiger partial charge in [0, 0.05) is 43.1 Å². The molecule has 2 heterocycles. The molecule has 0 aliphatic carbocycles. The number of carbonyl (C=O) groups is 4. The van der Waals surface area contributed by atoms with Gasteiger partial charge in [-0.05, 0) is 67.6 Å². The number of rotatable bonds is 10. The Kier molecular flexibility index (Phi) is 10.3. The van der Waals surface area contributed by atoms with Gasteiger partial charge in [-0.3, -0.25) is 19.2 Å². The van der Waals surface area contributed by atoms with Crippen molar-refractivity contribution in [3.63, 3.8) is 0 Å². The third-order valence-corrected chi connectivity index (χ3v) is 8.24. The molecule has 2 aromatic rings. The number of halogens is 2. The molecule has 2 aromatic carbocycles. The molecule has 2 aliphatic heterocycles. The lowest BCUT2D eigenvalue weighted by Crippen LogP contribution is -2.56. The van der Waals surface area contributed by atoms with Gasteiger partial charge in [0.15, 0.2) is 0 Å². The SMILES string of the molecule is Cc1cc(NC(=O)[C@H](CCN)NC(=O)[C@@H]2Cc3ccccc3CN2C(=O)CCC(=O)N2CCC[C@H]2CF)ccc1Cl. The number of nitrogens with zero attached hydrogens (tertiary/aromatic N) is 2. The molecule has 4 amide bonds. The molecule has 9 nitrogen and oxygen atoms in total. The van der Waals surface area contributed by atoms with Crippen LogP contribution in [0.25, 0.3) is 0 Å². The summed E-state index contributed by atoms with van der Waals surface area (Å²) in [6, 6.07) is 10.4. The standard InChI is InChI=1S/C30H37ClFN5O4/c1-19-15-22(8-9-24(19)31)34-29(40)25(12-13-33)35-30(41)26-16-20-5-2-3-6-21(20)18-37(26)28(39)11-10-27(38)36-14-4-7-23(36)17-32/h2-3,5-6,8-9,15,23,25-26H,4,7,10-14,16-18,33H2,1H3,(H,34,40)(H,35,41)/t23-,25-,26-/m0/s1. The molecule has 0 bridgehead atoms. The smallest absolute Gasteiger partial charge is 0.246 e. The lowest BCUT2D eigenvalue weighted by atomic mass is 9.92. The van der Waals surface area contributed by atoms with Crippen LogP contribution >= 0.6 is 11.6 Å². The predicted octanol–water partition coefficient (Wildman–Crippen LogP) is 3.11. The molecule has 220 valence electrons. The summed E-state index contributed by atoms with van der Waals surface area (Å²) in [6.45, 7) is 2.08. The molecule has 0 unspecified atom stereocenters. The van der Waals surface area contributed by atoms with Crippen molar-refractivity contribution in [1.82, 2.24) is 15.1 Å². The van der Waals surface area contributed by atoms with Gasteiger partial charge >= 0.3 is 0 Å². The number of anilines is 1. The zero-order valence-electron chi connectivity index (χ0n) is 23.2. The minimum absolute atomic E-state index is 0.0550. The first-order valence-corrected chi connectivity index (χ1v) is 14.4. The second-order valence-electron chi connectivity index (χ2n) is 10.6. The Bertz CT molecular complexity index is 1290. The van der Waals surface area contributed by atoms with Gasteiger partial charge in [0.2, 0.25) is 23.6 Å². The van der Waals surface area contributed by atoms with Gasteiger partial charge in [-0.1, -0.05) is 35.9 Å². The summed E-state index contributed by atoms with van der Waals surface area (Å²) in [4.78, 5) is 55.9. The first kappa shape index (κ1) is 30.5. The third-order valence-electron chi connectivity index (χ3n) is 7.81. The van der Waals surface area contributed by atoms with Crippen molar-refractivity contribution in [3.8, 4) is 0 Å². The summed E-state index contributed by atoms with van der Waals surface area (Å²) in [5.74, 6) is -1.51. The Morgan fingerprint density at radius 2 is 1.78 bits per heavy atom. The van der Waals surface area contributed by atoms with E-state index < -0.39 is 36.6 Å². The molecule has 3 atom stereocenters. The van der Waals surface area contributed by atoms with E-state index in [-0.39, 0.29) is 50.6 Å². The number of nitrogens with two attached hydrogens (primary N) is 1. The molecule has 4 rings (SSSR count). The number of amides is 4. The Morgan fingerprint density at radius 3 is 2.46 bits per heavy atom. The van der Waals surface area contributed by atoms with Crippen LogP contribution < -0.4 is 16.4 Å².